The number of hydrogen-bond acceptors (Lipinski definition) is 0. The molecule has 0 bridgehead atoms. The van der Waals surface area contributed by atoms with Crippen molar-refractivity contribution < 1.29 is 17.6 Å². The molecule has 0 atom stereocenters. The van der Waals surface area contributed by atoms with Crippen LogP contribution in [0.15, 0.2) is 66.7 Å². The van der Waals surface area contributed by atoms with E-state index in [2.05, 4.69) is 25.1 Å². The maximum atomic E-state index is 15.2. The van der Waals surface area contributed by atoms with Crippen LogP contribution in [0.4, 0.5) is 17.6 Å². The summed E-state index contributed by atoms with van der Waals surface area (Å²) in [7, 11) is 0. The van der Waals surface area contributed by atoms with E-state index in [-0.39, 0.29) is 5.82 Å². The highest BCUT2D eigenvalue weighted by Gasteiger charge is 2.29. The average molecular weight is 497 g/mol. The molecule has 4 heteroatoms. The summed E-state index contributed by atoms with van der Waals surface area (Å²) in [4.78, 5) is 0. The van der Waals surface area contributed by atoms with E-state index in [1.165, 1.54) is 62.6 Å². The SMILES string of the molecule is C/C=C/CCC1CCC(CCc2ccc3c(F)c(CCc4ccc(C(F)(F)F)cc4)ccc3c2)CC1. The predicted molar refractivity (Wildman–Crippen MR) is 141 cm³/mol. The number of fused-ring (bicyclic) bond motifs is 1. The third kappa shape index (κ3) is 6.99. The number of allylic oxidation sites excluding steroid dienone is 2. The first-order valence-electron chi connectivity index (χ1n) is 13.3. The standard InChI is InChI=1S/C32H36F4/c1-2-3-4-5-23-6-8-24(9-7-23)10-11-26-15-21-30-28(22-26)18-17-27(31(30)33)16-12-25-13-19-29(20-14-25)32(34,35)36/h2-3,13-15,17-24H,4-12,16H2,1H3/b3-2+. The summed E-state index contributed by atoms with van der Waals surface area (Å²) in [6.07, 6.45) is 11.1. The molecule has 0 aromatic heterocycles. The zero-order valence-corrected chi connectivity index (χ0v) is 21.1. The van der Waals surface area contributed by atoms with Crippen molar-refractivity contribution in [1.29, 1.82) is 0 Å². The molecule has 3 aromatic rings. The van der Waals surface area contributed by atoms with E-state index in [0.29, 0.717) is 23.8 Å². The highest BCUT2D eigenvalue weighted by molar-refractivity contribution is 5.84. The van der Waals surface area contributed by atoms with Crippen LogP contribution in [0.5, 0.6) is 0 Å². The molecule has 0 spiro atoms. The van der Waals surface area contributed by atoms with E-state index in [4.69, 9.17) is 0 Å². The van der Waals surface area contributed by atoms with Gasteiger partial charge in [-0.1, -0.05) is 80.3 Å². The largest absolute Gasteiger partial charge is 0.416 e. The molecule has 1 saturated carbocycles. The minimum Gasteiger partial charge on any atom is -0.206 e. The molecule has 36 heavy (non-hydrogen) atoms. The molecule has 0 amide bonds. The summed E-state index contributed by atoms with van der Waals surface area (Å²) in [5.74, 6) is 1.46. The fourth-order valence-electron chi connectivity index (χ4n) is 5.55. The van der Waals surface area contributed by atoms with Gasteiger partial charge in [0.2, 0.25) is 0 Å². The first-order chi connectivity index (χ1) is 17.3. The molecule has 0 aliphatic heterocycles. The molecule has 0 unspecified atom stereocenters. The molecule has 0 saturated heterocycles. The van der Waals surface area contributed by atoms with Gasteiger partial charge in [-0.2, -0.15) is 13.2 Å². The second-order valence-electron chi connectivity index (χ2n) is 10.4. The minimum absolute atomic E-state index is 0.220. The van der Waals surface area contributed by atoms with Crippen LogP contribution in [-0.2, 0) is 25.4 Å². The zero-order chi connectivity index (χ0) is 25.5. The smallest absolute Gasteiger partial charge is 0.206 e. The summed E-state index contributed by atoms with van der Waals surface area (Å²) in [6.45, 7) is 2.09. The van der Waals surface area contributed by atoms with E-state index >= 15 is 4.39 Å². The molecule has 4 rings (SSSR count). The van der Waals surface area contributed by atoms with Gasteiger partial charge in [-0.3, -0.25) is 0 Å². The van der Waals surface area contributed by atoms with Crippen LogP contribution in [0, 0.1) is 17.7 Å². The van der Waals surface area contributed by atoms with Crippen molar-refractivity contribution in [2.45, 2.75) is 77.3 Å². The normalized spacial score (nSPS) is 18.8. The lowest BCUT2D eigenvalue weighted by molar-refractivity contribution is -0.137. The number of halogens is 4. The number of hydrogen-bond donors (Lipinski definition) is 0. The second-order valence-corrected chi connectivity index (χ2v) is 10.4. The molecule has 1 aliphatic rings. The van der Waals surface area contributed by atoms with Crippen LogP contribution >= 0.6 is 0 Å². The lowest BCUT2D eigenvalue weighted by atomic mass is 9.78. The Morgan fingerprint density at radius 3 is 2.11 bits per heavy atom. The molecule has 0 heterocycles. The van der Waals surface area contributed by atoms with Crippen molar-refractivity contribution >= 4 is 10.8 Å². The van der Waals surface area contributed by atoms with Gasteiger partial charge in [0.25, 0.3) is 0 Å². The van der Waals surface area contributed by atoms with Crippen LogP contribution in [0.2, 0.25) is 0 Å². The fraction of sp³-hybridized carbons (Fsp3) is 0.438. The van der Waals surface area contributed by atoms with E-state index in [0.717, 1.165) is 41.3 Å². The van der Waals surface area contributed by atoms with Gasteiger partial charge in [-0.15, -0.1) is 0 Å². The van der Waals surface area contributed by atoms with Crippen molar-refractivity contribution in [3.63, 3.8) is 0 Å². The van der Waals surface area contributed by atoms with Gasteiger partial charge in [0.05, 0.1) is 5.56 Å². The van der Waals surface area contributed by atoms with Crippen LogP contribution < -0.4 is 0 Å². The Hall–Kier alpha value is -2.62. The van der Waals surface area contributed by atoms with E-state index < -0.39 is 11.7 Å². The highest BCUT2D eigenvalue weighted by atomic mass is 19.4. The second kappa shape index (κ2) is 12.1. The zero-order valence-electron chi connectivity index (χ0n) is 21.1. The third-order valence-electron chi connectivity index (χ3n) is 7.85. The highest BCUT2D eigenvalue weighted by Crippen LogP contribution is 2.34. The Kier molecular flexibility index (Phi) is 8.87. The Morgan fingerprint density at radius 2 is 1.44 bits per heavy atom. The van der Waals surface area contributed by atoms with Gasteiger partial charge in [0, 0.05) is 5.39 Å². The summed E-state index contributed by atoms with van der Waals surface area (Å²) in [6, 6.07) is 15.0. The molecule has 1 fully saturated rings. The van der Waals surface area contributed by atoms with Gasteiger partial charge in [0.1, 0.15) is 5.82 Å². The minimum atomic E-state index is -4.34. The Bertz CT molecular complexity index is 1150. The van der Waals surface area contributed by atoms with Gasteiger partial charge < -0.3 is 0 Å². The van der Waals surface area contributed by atoms with E-state index in [1.807, 2.05) is 24.3 Å². The monoisotopic (exact) mass is 496 g/mol. The molecular weight excluding hydrogens is 460 g/mol. The number of alkyl halides is 3. The summed E-state index contributed by atoms with van der Waals surface area (Å²) < 4.78 is 53.5. The molecule has 0 radical (unpaired) electrons. The number of aryl methyl sites for hydroxylation is 3. The summed E-state index contributed by atoms with van der Waals surface area (Å²) in [5, 5.41) is 1.53. The predicted octanol–water partition coefficient (Wildman–Crippen LogP) is 9.88. The lowest BCUT2D eigenvalue weighted by Gasteiger charge is -2.28. The maximum absolute atomic E-state index is 15.2. The van der Waals surface area contributed by atoms with Gasteiger partial charge in [-0.25, -0.2) is 4.39 Å². The Balaban J connectivity index is 1.31. The molecule has 1 aliphatic carbocycles. The molecule has 0 N–H and O–H groups in total. The average Bonchev–Trinajstić information content (AvgIpc) is 2.88. The third-order valence-corrected chi connectivity index (χ3v) is 7.85. The Labute approximate surface area is 212 Å². The Morgan fingerprint density at radius 1 is 0.778 bits per heavy atom. The first kappa shape index (κ1) is 26.4. The van der Waals surface area contributed by atoms with Crippen LogP contribution in [0.3, 0.4) is 0 Å². The molecule has 192 valence electrons. The molecular formula is C32H36F4. The number of benzene rings is 3. The van der Waals surface area contributed by atoms with E-state index in [9.17, 15) is 13.2 Å². The van der Waals surface area contributed by atoms with Gasteiger partial charge in [0.15, 0.2) is 0 Å². The molecule has 3 aromatic carbocycles. The maximum Gasteiger partial charge on any atom is 0.416 e. The quantitative estimate of drug-likeness (QED) is 0.204. The van der Waals surface area contributed by atoms with Crippen LogP contribution in [-0.4, -0.2) is 0 Å². The lowest BCUT2D eigenvalue weighted by Crippen LogP contribution is -2.15. The topological polar surface area (TPSA) is 0 Å². The molecule has 0 nitrogen and oxygen atoms in total. The van der Waals surface area contributed by atoms with Crippen LogP contribution in [0.1, 0.15) is 74.1 Å². The van der Waals surface area contributed by atoms with Crippen molar-refractivity contribution in [3.8, 4) is 0 Å². The van der Waals surface area contributed by atoms with Crippen molar-refractivity contribution in [3.05, 3.63) is 94.8 Å². The van der Waals surface area contributed by atoms with Crippen molar-refractivity contribution in [2.75, 3.05) is 0 Å². The van der Waals surface area contributed by atoms with Crippen molar-refractivity contribution in [1.82, 2.24) is 0 Å². The fourth-order valence-corrected chi connectivity index (χ4v) is 5.55. The van der Waals surface area contributed by atoms with Crippen molar-refractivity contribution in [2.24, 2.45) is 11.8 Å². The van der Waals surface area contributed by atoms with Crippen LogP contribution in [0.25, 0.3) is 10.8 Å². The summed E-state index contributed by atoms with van der Waals surface area (Å²) >= 11 is 0. The van der Waals surface area contributed by atoms with E-state index in [1.54, 1.807) is 0 Å². The van der Waals surface area contributed by atoms with Gasteiger partial charge in [-0.05, 0) is 91.5 Å². The summed E-state index contributed by atoms with van der Waals surface area (Å²) in [5.41, 5.74) is 1.97. The van der Waals surface area contributed by atoms with Gasteiger partial charge >= 0.3 is 6.18 Å². The first-order valence-corrected chi connectivity index (χ1v) is 13.3. The number of rotatable bonds is 9.